The third-order valence-electron chi connectivity index (χ3n) is 4.83. The fourth-order valence-corrected chi connectivity index (χ4v) is 3.86. The molecule has 1 amide bonds. The van der Waals surface area contributed by atoms with Crippen LogP contribution in [-0.4, -0.2) is 28.9 Å². The van der Waals surface area contributed by atoms with E-state index >= 15 is 0 Å². The summed E-state index contributed by atoms with van der Waals surface area (Å²) in [4.78, 5) is 14.9. The largest absolute Gasteiger partial charge is 0.338 e. The van der Waals surface area contributed by atoms with Crippen molar-refractivity contribution in [3.8, 4) is 0 Å². The summed E-state index contributed by atoms with van der Waals surface area (Å²) in [6.07, 6.45) is 8.95. The molecule has 0 spiro atoms. The van der Waals surface area contributed by atoms with Crippen LogP contribution in [0.15, 0.2) is 0 Å². The highest BCUT2D eigenvalue weighted by Gasteiger charge is 2.42. The Labute approximate surface area is 111 Å². The lowest BCUT2D eigenvalue weighted by Gasteiger charge is -2.41. The minimum Gasteiger partial charge on any atom is -0.338 e. The molecule has 0 bridgehead atoms. The molecule has 3 heteroatoms. The van der Waals surface area contributed by atoms with Crippen LogP contribution in [0.1, 0.15) is 65.2 Å². The van der Waals surface area contributed by atoms with Crippen molar-refractivity contribution >= 4 is 5.91 Å². The molecule has 18 heavy (non-hydrogen) atoms. The number of hydrogen-bond acceptors (Lipinski definition) is 2. The van der Waals surface area contributed by atoms with Crippen molar-refractivity contribution in [2.45, 2.75) is 76.8 Å². The van der Waals surface area contributed by atoms with Crippen LogP contribution < -0.4 is 5.73 Å². The second-order valence-corrected chi connectivity index (χ2v) is 6.39. The molecule has 0 aromatic heterocycles. The predicted octanol–water partition coefficient (Wildman–Crippen LogP) is 2.69. The predicted molar refractivity (Wildman–Crippen MR) is 74.2 cm³/mol. The molecule has 2 aliphatic rings. The maximum atomic E-state index is 12.8. The van der Waals surface area contributed by atoms with Crippen molar-refractivity contribution in [2.24, 2.45) is 11.7 Å². The van der Waals surface area contributed by atoms with E-state index in [0.717, 1.165) is 25.8 Å². The molecule has 2 rings (SSSR count). The second kappa shape index (κ2) is 5.60. The highest BCUT2D eigenvalue weighted by Crippen LogP contribution is 2.33. The van der Waals surface area contributed by atoms with Gasteiger partial charge in [-0.15, -0.1) is 0 Å². The first-order valence-corrected chi connectivity index (χ1v) is 7.67. The third-order valence-corrected chi connectivity index (χ3v) is 4.83. The topological polar surface area (TPSA) is 46.3 Å². The number of likely N-dealkylation sites (N-methyl/N-ethyl adjacent to an activating group) is 1. The Balaban J connectivity index is 2.07. The lowest BCUT2D eigenvalue weighted by Crippen LogP contribution is -2.59. The smallest absolute Gasteiger partial charge is 0.242 e. The van der Waals surface area contributed by atoms with Gasteiger partial charge in [-0.1, -0.05) is 32.6 Å². The number of carbonyl (C=O) groups excluding carboxylic acids is 1. The first kappa shape index (κ1) is 13.9. The summed E-state index contributed by atoms with van der Waals surface area (Å²) >= 11 is 0. The Morgan fingerprint density at radius 1 is 1.28 bits per heavy atom. The summed E-state index contributed by atoms with van der Waals surface area (Å²) in [5, 5.41) is 0. The average molecular weight is 252 g/mol. The van der Waals surface area contributed by atoms with Crippen LogP contribution in [0.25, 0.3) is 0 Å². The first-order valence-electron chi connectivity index (χ1n) is 7.67. The first-order chi connectivity index (χ1) is 8.57. The zero-order valence-electron chi connectivity index (χ0n) is 12.0. The normalized spacial score (nSPS) is 33.6. The summed E-state index contributed by atoms with van der Waals surface area (Å²) in [5.41, 5.74) is 5.87. The van der Waals surface area contributed by atoms with Crippen LogP contribution in [0.4, 0.5) is 0 Å². The number of carbonyl (C=O) groups is 1. The summed E-state index contributed by atoms with van der Waals surface area (Å²) < 4.78 is 0. The Morgan fingerprint density at radius 3 is 2.50 bits per heavy atom. The van der Waals surface area contributed by atoms with Crippen LogP contribution >= 0.6 is 0 Å². The van der Waals surface area contributed by atoms with E-state index in [1.165, 1.54) is 32.1 Å². The highest BCUT2D eigenvalue weighted by molar-refractivity contribution is 5.86. The Kier molecular flexibility index (Phi) is 4.31. The standard InChI is InChI=1S/C15H28N2O/c1-3-17(13-8-4-5-9-13)14(18)15(16)10-6-7-12(2)11-15/h12-13H,3-11,16H2,1-2H3. The van der Waals surface area contributed by atoms with Gasteiger partial charge in [-0.05, 0) is 38.5 Å². The lowest BCUT2D eigenvalue weighted by molar-refractivity contribution is -0.141. The summed E-state index contributed by atoms with van der Waals surface area (Å²) in [6.45, 7) is 5.13. The molecule has 2 saturated carbocycles. The molecule has 0 aliphatic heterocycles. The number of rotatable bonds is 3. The molecule has 3 nitrogen and oxygen atoms in total. The van der Waals surface area contributed by atoms with Gasteiger partial charge in [0.1, 0.15) is 0 Å². The van der Waals surface area contributed by atoms with Gasteiger partial charge in [0.15, 0.2) is 0 Å². The van der Waals surface area contributed by atoms with Gasteiger partial charge in [-0.3, -0.25) is 4.79 Å². The summed E-state index contributed by atoms with van der Waals surface area (Å²) in [5.74, 6) is 0.818. The molecule has 0 radical (unpaired) electrons. The molecular formula is C15H28N2O. The van der Waals surface area contributed by atoms with Gasteiger partial charge in [-0.2, -0.15) is 0 Å². The highest BCUT2D eigenvalue weighted by atomic mass is 16.2. The molecule has 2 unspecified atom stereocenters. The van der Waals surface area contributed by atoms with Gasteiger partial charge in [0.2, 0.25) is 5.91 Å². The molecule has 2 fully saturated rings. The van der Waals surface area contributed by atoms with Gasteiger partial charge in [0.05, 0.1) is 5.54 Å². The zero-order valence-corrected chi connectivity index (χ0v) is 12.0. The van der Waals surface area contributed by atoms with Crippen LogP contribution in [0.3, 0.4) is 0 Å². The van der Waals surface area contributed by atoms with Gasteiger partial charge in [0.25, 0.3) is 0 Å². The van der Waals surface area contributed by atoms with E-state index in [-0.39, 0.29) is 5.91 Å². The van der Waals surface area contributed by atoms with E-state index in [2.05, 4.69) is 18.7 Å². The summed E-state index contributed by atoms with van der Waals surface area (Å²) in [6, 6.07) is 0.458. The number of nitrogens with zero attached hydrogens (tertiary/aromatic N) is 1. The van der Waals surface area contributed by atoms with Gasteiger partial charge >= 0.3 is 0 Å². The van der Waals surface area contributed by atoms with E-state index in [1.807, 2.05) is 0 Å². The molecule has 0 aromatic rings. The van der Waals surface area contributed by atoms with Crippen LogP contribution in [0.5, 0.6) is 0 Å². The van der Waals surface area contributed by atoms with Crippen molar-refractivity contribution in [3.05, 3.63) is 0 Å². The molecule has 104 valence electrons. The van der Waals surface area contributed by atoms with E-state index in [0.29, 0.717) is 12.0 Å². The van der Waals surface area contributed by atoms with Crippen molar-refractivity contribution in [3.63, 3.8) is 0 Å². The number of nitrogens with two attached hydrogens (primary N) is 1. The van der Waals surface area contributed by atoms with Crippen molar-refractivity contribution in [2.75, 3.05) is 6.54 Å². The molecule has 0 saturated heterocycles. The maximum Gasteiger partial charge on any atom is 0.242 e. The van der Waals surface area contributed by atoms with E-state index < -0.39 is 5.54 Å². The van der Waals surface area contributed by atoms with Gasteiger partial charge in [-0.25, -0.2) is 0 Å². The average Bonchev–Trinajstić information content (AvgIpc) is 2.83. The maximum absolute atomic E-state index is 12.8. The fourth-order valence-electron chi connectivity index (χ4n) is 3.86. The Morgan fingerprint density at radius 2 is 1.94 bits per heavy atom. The molecule has 0 aromatic carbocycles. The monoisotopic (exact) mass is 252 g/mol. The molecular weight excluding hydrogens is 224 g/mol. The van der Waals surface area contributed by atoms with Crippen molar-refractivity contribution in [1.29, 1.82) is 0 Å². The van der Waals surface area contributed by atoms with Crippen LogP contribution in [0, 0.1) is 5.92 Å². The van der Waals surface area contributed by atoms with Gasteiger partial charge in [0, 0.05) is 12.6 Å². The van der Waals surface area contributed by atoms with Crippen LogP contribution in [-0.2, 0) is 4.79 Å². The fraction of sp³-hybridized carbons (Fsp3) is 0.933. The SMILES string of the molecule is CCN(C(=O)C1(N)CCCC(C)C1)C1CCCC1. The minimum atomic E-state index is -0.573. The number of amides is 1. The zero-order chi connectivity index (χ0) is 13.2. The second-order valence-electron chi connectivity index (χ2n) is 6.39. The van der Waals surface area contributed by atoms with E-state index in [1.54, 1.807) is 0 Å². The minimum absolute atomic E-state index is 0.225. The third kappa shape index (κ3) is 2.71. The number of hydrogen-bond donors (Lipinski definition) is 1. The molecule has 0 heterocycles. The quantitative estimate of drug-likeness (QED) is 0.839. The Hall–Kier alpha value is -0.570. The molecule has 2 atom stereocenters. The van der Waals surface area contributed by atoms with E-state index in [9.17, 15) is 4.79 Å². The van der Waals surface area contributed by atoms with Crippen molar-refractivity contribution < 1.29 is 4.79 Å². The molecule has 2 aliphatic carbocycles. The van der Waals surface area contributed by atoms with Crippen LogP contribution in [0.2, 0.25) is 0 Å². The van der Waals surface area contributed by atoms with Crippen molar-refractivity contribution in [1.82, 2.24) is 4.90 Å². The van der Waals surface area contributed by atoms with E-state index in [4.69, 9.17) is 5.73 Å². The molecule has 2 N–H and O–H groups in total. The lowest BCUT2D eigenvalue weighted by atomic mass is 9.76. The van der Waals surface area contributed by atoms with Gasteiger partial charge < -0.3 is 10.6 Å². The summed E-state index contributed by atoms with van der Waals surface area (Å²) in [7, 11) is 0. The Bertz CT molecular complexity index is 299.